The molecular weight excluding hydrogens is 474 g/mol. The number of nitrogen functional groups attached to an aromatic ring is 1. The highest BCUT2D eigenvalue weighted by atomic mass is 32.1. The van der Waals surface area contributed by atoms with Gasteiger partial charge < -0.3 is 21.3 Å². The van der Waals surface area contributed by atoms with Gasteiger partial charge in [-0.2, -0.15) is 0 Å². The number of amides is 3. The van der Waals surface area contributed by atoms with Gasteiger partial charge in [-0.05, 0) is 48.6 Å². The summed E-state index contributed by atoms with van der Waals surface area (Å²) in [6.07, 6.45) is 2.09. The highest BCUT2D eigenvalue weighted by Crippen LogP contribution is 2.19. The van der Waals surface area contributed by atoms with Gasteiger partial charge in [-0.15, -0.1) is 11.3 Å². The number of nitrogens with two attached hydrogens (primary N) is 1. The first kappa shape index (κ1) is 25.1. The van der Waals surface area contributed by atoms with Crippen molar-refractivity contribution < 1.29 is 14.4 Å². The van der Waals surface area contributed by atoms with Crippen molar-refractivity contribution in [1.82, 2.24) is 15.5 Å². The lowest BCUT2D eigenvalue weighted by Crippen LogP contribution is -2.48. The Morgan fingerprint density at radius 2 is 1.72 bits per heavy atom. The van der Waals surface area contributed by atoms with Crippen molar-refractivity contribution >= 4 is 34.9 Å². The van der Waals surface area contributed by atoms with Crippen LogP contribution in [0.15, 0.2) is 66.0 Å². The predicted octanol–water partition coefficient (Wildman–Crippen LogP) is 2.66. The second-order valence-electron chi connectivity index (χ2n) is 8.72. The number of rotatable bonds is 9. The van der Waals surface area contributed by atoms with Crippen molar-refractivity contribution in [3.63, 3.8) is 0 Å². The van der Waals surface area contributed by atoms with Crippen LogP contribution < -0.4 is 16.4 Å². The maximum absolute atomic E-state index is 12.8. The van der Waals surface area contributed by atoms with Gasteiger partial charge in [0.2, 0.25) is 11.8 Å². The van der Waals surface area contributed by atoms with Gasteiger partial charge >= 0.3 is 0 Å². The summed E-state index contributed by atoms with van der Waals surface area (Å²) in [5, 5.41) is 14.8. The first-order chi connectivity index (χ1) is 17.4. The normalized spacial score (nSPS) is 14.9. The van der Waals surface area contributed by atoms with E-state index in [1.807, 2.05) is 30.3 Å². The largest absolute Gasteiger partial charge is 0.384 e. The number of hydrogen-bond donors (Lipinski definition) is 4. The van der Waals surface area contributed by atoms with Crippen molar-refractivity contribution in [3.05, 3.63) is 93.2 Å². The van der Waals surface area contributed by atoms with Gasteiger partial charge in [-0.25, -0.2) is 0 Å². The molecule has 1 fully saturated rings. The van der Waals surface area contributed by atoms with Gasteiger partial charge in [-0.1, -0.05) is 42.5 Å². The molecule has 0 spiro atoms. The molecule has 1 aliphatic heterocycles. The molecule has 3 amide bonds. The minimum Gasteiger partial charge on any atom is -0.384 e. The molecule has 4 rings (SSSR count). The van der Waals surface area contributed by atoms with Gasteiger partial charge in [-0.3, -0.25) is 19.8 Å². The third kappa shape index (κ3) is 6.37. The van der Waals surface area contributed by atoms with E-state index in [4.69, 9.17) is 11.1 Å². The molecule has 1 aromatic heterocycles. The molecule has 1 aliphatic rings. The van der Waals surface area contributed by atoms with Gasteiger partial charge in [0.15, 0.2) is 0 Å². The molecule has 9 heteroatoms. The van der Waals surface area contributed by atoms with Crippen LogP contribution in [-0.4, -0.2) is 47.6 Å². The molecule has 3 aromatic rings. The van der Waals surface area contributed by atoms with Crippen LogP contribution in [0.2, 0.25) is 0 Å². The molecule has 0 saturated carbocycles. The average molecular weight is 504 g/mol. The highest BCUT2D eigenvalue weighted by Gasteiger charge is 2.33. The molecule has 2 heterocycles. The second kappa shape index (κ2) is 11.6. The summed E-state index contributed by atoms with van der Waals surface area (Å²) in [7, 11) is 0. The molecule has 5 N–H and O–H groups in total. The van der Waals surface area contributed by atoms with E-state index in [2.05, 4.69) is 22.8 Å². The number of thiophene rings is 1. The Hall–Kier alpha value is -3.98. The monoisotopic (exact) mass is 503 g/mol. The van der Waals surface area contributed by atoms with Gasteiger partial charge in [0.05, 0.1) is 13.1 Å². The predicted molar refractivity (Wildman–Crippen MR) is 140 cm³/mol. The van der Waals surface area contributed by atoms with Crippen LogP contribution in [-0.2, 0) is 22.6 Å². The fraction of sp³-hybridized carbons (Fsp3) is 0.259. The Morgan fingerprint density at radius 3 is 2.42 bits per heavy atom. The number of nitrogens with zero attached hydrogens (tertiary/aromatic N) is 1. The summed E-state index contributed by atoms with van der Waals surface area (Å²) in [6, 6.07) is 18.7. The van der Waals surface area contributed by atoms with Gasteiger partial charge in [0.25, 0.3) is 5.91 Å². The minimum atomic E-state index is -0.557. The highest BCUT2D eigenvalue weighted by molar-refractivity contribution is 7.10. The SMILES string of the molecule is N=C(N)c1csc(CNC(=O)[C@@H]2CCCN2C(=O)CNC(=O)c2ccc(Cc3ccccc3)cc2)c1. The Bertz CT molecular complexity index is 1240. The van der Waals surface area contributed by atoms with Crippen LogP contribution in [0.4, 0.5) is 0 Å². The Morgan fingerprint density at radius 1 is 1.00 bits per heavy atom. The number of likely N-dealkylation sites (tertiary alicyclic amines) is 1. The summed E-state index contributed by atoms with van der Waals surface area (Å²) in [5.74, 6) is -0.842. The van der Waals surface area contributed by atoms with Crippen LogP contribution in [0.1, 0.15) is 44.8 Å². The van der Waals surface area contributed by atoms with E-state index in [1.54, 1.807) is 23.6 Å². The summed E-state index contributed by atoms with van der Waals surface area (Å²) in [5.41, 5.74) is 8.89. The summed E-state index contributed by atoms with van der Waals surface area (Å²) in [6.45, 7) is 0.627. The molecule has 36 heavy (non-hydrogen) atoms. The fourth-order valence-electron chi connectivity index (χ4n) is 4.21. The summed E-state index contributed by atoms with van der Waals surface area (Å²) in [4.78, 5) is 40.5. The quantitative estimate of drug-likeness (QED) is 0.264. The second-order valence-corrected chi connectivity index (χ2v) is 9.72. The Labute approximate surface area is 214 Å². The summed E-state index contributed by atoms with van der Waals surface area (Å²) < 4.78 is 0. The zero-order chi connectivity index (χ0) is 25.5. The number of benzene rings is 2. The van der Waals surface area contributed by atoms with E-state index in [0.717, 1.165) is 23.3 Å². The molecule has 186 valence electrons. The van der Waals surface area contributed by atoms with E-state index >= 15 is 0 Å². The van der Waals surface area contributed by atoms with Crippen molar-refractivity contribution in [2.24, 2.45) is 5.73 Å². The number of amidine groups is 1. The molecule has 0 radical (unpaired) electrons. The molecule has 0 bridgehead atoms. The van der Waals surface area contributed by atoms with Crippen molar-refractivity contribution in [1.29, 1.82) is 5.41 Å². The van der Waals surface area contributed by atoms with E-state index in [9.17, 15) is 14.4 Å². The number of carbonyl (C=O) groups is 3. The number of hydrogen-bond acceptors (Lipinski definition) is 5. The van der Waals surface area contributed by atoms with Crippen molar-refractivity contribution in [3.8, 4) is 0 Å². The summed E-state index contributed by atoms with van der Waals surface area (Å²) >= 11 is 1.42. The average Bonchev–Trinajstić information content (AvgIpc) is 3.57. The number of nitrogens with one attached hydrogen (secondary N) is 3. The van der Waals surface area contributed by atoms with Crippen LogP contribution in [0.5, 0.6) is 0 Å². The topological polar surface area (TPSA) is 128 Å². The molecule has 0 aliphatic carbocycles. The Balaban J connectivity index is 1.26. The zero-order valence-corrected chi connectivity index (χ0v) is 20.6. The third-order valence-electron chi connectivity index (χ3n) is 6.14. The van der Waals surface area contributed by atoms with Crippen LogP contribution >= 0.6 is 11.3 Å². The van der Waals surface area contributed by atoms with E-state index < -0.39 is 6.04 Å². The maximum atomic E-state index is 12.8. The standard InChI is InChI=1S/C27H29N5O3S/c28-25(29)21-14-22(36-17-21)15-30-27(35)23-7-4-12-32(23)24(33)16-31-26(34)20-10-8-19(9-11-20)13-18-5-2-1-3-6-18/h1-3,5-6,8-11,14,17,23H,4,7,12-13,15-16H2,(H3,28,29)(H,30,35)(H,31,34)/t23-/m0/s1. The van der Waals surface area contributed by atoms with Crippen molar-refractivity contribution in [2.75, 3.05) is 13.1 Å². The maximum Gasteiger partial charge on any atom is 0.251 e. The smallest absolute Gasteiger partial charge is 0.251 e. The lowest BCUT2D eigenvalue weighted by Gasteiger charge is -2.24. The van der Waals surface area contributed by atoms with E-state index in [0.29, 0.717) is 30.6 Å². The molecule has 2 aromatic carbocycles. The molecule has 1 saturated heterocycles. The van der Waals surface area contributed by atoms with Crippen LogP contribution in [0, 0.1) is 5.41 Å². The first-order valence-electron chi connectivity index (χ1n) is 11.8. The lowest BCUT2D eigenvalue weighted by molar-refractivity contribution is -0.137. The molecule has 8 nitrogen and oxygen atoms in total. The van der Waals surface area contributed by atoms with Crippen LogP contribution in [0.3, 0.4) is 0 Å². The molecule has 1 atom stereocenters. The molecule has 0 unspecified atom stereocenters. The van der Waals surface area contributed by atoms with Crippen molar-refractivity contribution in [2.45, 2.75) is 31.8 Å². The Kier molecular flexibility index (Phi) is 8.12. The van der Waals surface area contributed by atoms with E-state index in [-0.39, 0.29) is 30.1 Å². The first-order valence-corrected chi connectivity index (χ1v) is 12.7. The fourth-order valence-corrected chi connectivity index (χ4v) is 5.03. The third-order valence-corrected chi connectivity index (χ3v) is 7.08. The number of carbonyl (C=O) groups excluding carboxylic acids is 3. The van der Waals surface area contributed by atoms with Gasteiger partial charge in [0, 0.05) is 27.9 Å². The minimum absolute atomic E-state index is 0.0124. The van der Waals surface area contributed by atoms with E-state index in [1.165, 1.54) is 21.8 Å². The molecular formula is C27H29N5O3S. The zero-order valence-electron chi connectivity index (χ0n) is 19.8. The van der Waals surface area contributed by atoms with Gasteiger partial charge in [0.1, 0.15) is 11.9 Å². The lowest BCUT2D eigenvalue weighted by atomic mass is 10.0. The van der Waals surface area contributed by atoms with Crippen LogP contribution in [0.25, 0.3) is 0 Å².